The first-order valence-corrected chi connectivity index (χ1v) is 6.37. The van der Waals surface area contributed by atoms with Crippen molar-refractivity contribution in [2.75, 3.05) is 0 Å². The topological polar surface area (TPSA) is 33.0 Å². The van der Waals surface area contributed by atoms with Crippen LogP contribution >= 0.6 is 15.9 Å². The quantitative estimate of drug-likeness (QED) is 0.788. The molecule has 2 nitrogen and oxygen atoms in total. The lowest BCUT2D eigenvalue weighted by atomic mass is 10.2. The molecular formula is C14H9BrFNO. The first kappa shape index (κ1) is 12.6. The lowest BCUT2D eigenvalue weighted by Crippen LogP contribution is -1.88. The van der Waals surface area contributed by atoms with E-state index >= 15 is 0 Å². The van der Waals surface area contributed by atoms with Crippen LogP contribution in [0.25, 0.3) is 0 Å². The van der Waals surface area contributed by atoms with Crippen LogP contribution in [0.4, 0.5) is 4.39 Å². The number of hydrogen-bond donors (Lipinski definition) is 0. The fourth-order valence-electron chi connectivity index (χ4n) is 1.43. The number of benzene rings is 2. The molecule has 0 unspecified atom stereocenters. The molecule has 0 spiro atoms. The number of rotatable bonds is 3. The van der Waals surface area contributed by atoms with Crippen molar-refractivity contribution in [3.05, 3.63) is 59.4 Å². The van der Waals surface area contributed by atoms with E-state index in [9.17, 15) is 4.39 Å². The summed E-state index contributed by atoms with van der Waals surface area (Å²) in [5, 5.41) is 9.40. The van der Waals surface area contributed by atoms with Gasteiger partial charge in [-0.1, -0.05) is 28.1 Å². The summed E-state index contributed by atoms with van der Waals surface area (Å²) < 4.78 is 18.9. The third kappa shape index (κ3) is 2.88. The normalized spacial score (nSPS) is 9.83. The Labute approximate surface area is 113 Å². The molecule has 0 bridgehead atoms. The molecule has 2 aromatic carbocycles. The molecule has 0 N–H and O–H groups in total. The van der Waals surface area contributed by atoms with Gasteiger partial charge >= 0.3 is 0 Å². The first-order valence-electron chi connectivity index (χ1n) is 5.25. The molecule has 0 aliphatic rings. The SMILES string of the molecule is N#Cc1ccc(Oc2ccc(CBr)cc2)cc1F. The molecule has 0 heterocycles. The van der Waals surface area contributed by atoms with Gasteiger partial charge in [-0.2, -0.15) is 5.26 Å². The molecule has 2 rings (SSSR count). The van der Waals surface area contributed by atoms with E-state index in [1.54, 1.807) is 12.1 Å². The second-order valence-corrected chi connectivity index (χ2v) is 4.19. The molecule has 0 aromatic heterocycles. The number of hydrogen-bond acceptors (Lipinski definition) is 2. The highest BCUT2D eigenvalue weighted by molar-refractivity contribution is 9.08. The van der Waals surface area contributed by atoms with Gasteiger partial charge in [-0.3, -0.25) is 0 Å². The first-order chi connectivity index (χ1) is 8.72. The van der Waals surface area contributed by atoms with Gasteiger partial charge in [-0.15, -0.1) is 0 Å². The van der Waals surface area contributed by atoms with Crippen LogP contribution in [0.5, 0.6) is 11.5 Å². The lowest BCUT2D eigenvalue weighted by Gasteiger charge is -2.06. The Morgan fingerprint density at radius 2 is 1.78 bits per heavy atom. The molecule has 0 fully saturated rings. The van der Waals surface area contributed by atoms with Crippen molar-refractivity contribution >= 4 is 15.9 Å². The second-order valence-electron chi connectivity index (χ2n) is 3.63. The van der Waals surface area contributed by atoms with Crippen LogP contribution in [-0.2, 0) is 5.33 Å². The van der Waals surface area contributed by atoms with Crippen molar-refractivity contribution in [3.63, 3.8) is 0 Å². The zero-order valence-electron chi connectivity index (χ0n) is 9.36. The maximum absolute atomic E-state index is 13.4. The maximum atomic E-state index is 13.4. The molecule has 0 aliphatic heterocycles. The van der Waals surface area contributed by atoms with Gasteiger partial charge in [0.15, 0.2) is 0 Å². The summed E-state index contributed by atoms with van der Waals surface area (Å²) in [6.07, 6.45) is 0. The van der Waals surface area contributed by atoms with Crippen LogP contribution in [0.15, 0.2) is 42.5 Å². The summed E-state index contributed by atoms with van der Waals surface area (Å²) in [6, 6.07) is 13.4. The van der Waals surface area contributed by atoms with Gasteiger partial charge in [0.05, 0.1) is 5.56 Å². The van der Waals surface area contributed by atoms with Crippen molar-refractivity contribution in [1.82, 2.24) is 0 Å². The molecular weight excluding hydrogens is 297 g/mol. The molecule has 2 aromatic rings. The number of ether oxygens (including phenoxy) is 1. The summed E-state index contributed by atoms with van der Waals surface area (Å²) in [4.78, 5) is 0. The Hall–Kier alpha value is -1.86. The van der Waals surface area contributed by atoms with Crippen molar-refractivity contribution in [2.45, 2.75) is 5.33 Å². The average Bonchev–Trinajstić information content (AvgIpc) is 2.40. The summed E-state index contributed by atoms with van der Waals surface area (Å²) >= 11 is 3.35. The van der Waals surface area contributed by atoms with Gasteiger partial charge in [0, 0.05) is 11.4 Å². The molecule has 0 amide bonds. The molecule has 18 heavy (non-hydrogen) atoms. The summed E-state index contributed by atoms with van der Waals surface area (Å²) in [5.41, 5.74) is 1.14. The Morgan fingerprint density at radius 1 is 1.11 bits per heavy atom. The zero-order valence-corrected chi connectivity index (χ0v) is 10.9. The molecule has 0 saturated heterocycles. The summed E-state index contributed by atoms with van der Waals surface area (Å²) in [6.45, 7) is 0. The number of halogens is 2. The van der Waals surface area contributed by atoms with E-state index in [1.165, 1.54) is 12.1 Å². The molecule has 90 valence electrons. The van der Waals surface area contributed by atoms with Crippen LogP contribution in [-0.4, -0.2) is 0 Å². The Bertz CT molecular complexity index is 590. The van der Waals surface area contributed by atoms with Gasteiger partial charge in [0.25, 0.3) is 0 Å². The second kappa shape index (κ2) is 5.65. The van der Waals surface area contributed by atoms with Crippen molar-refractivity contribution in [1.29, 1.82) is 5.26 Å². The fraction of sp³-hybridized carbons (Fsp3) is 0.0714. The minimum absolute atomic E-state index is 0.0111. The van der Waals surface area contributed by atoms with E-state index in [4.69, 9.17) is 10.00 Å². The van der Waals surface area contributed by atoms with E-state index in [0.717, 1.165) is 10.9 Å². The standard InChI is InChI=1S/C14H9BrFNO/c15-8-10-1-4-12(5-2-10)18-13-6-3-11(9-17)14(16)7-13/h1-7H,8H2. The minimum atomic E-state index is -0.577. The highest BCUT2D eigenvalue weighted by atomic mass is 79.9. The maximum Gasteiger partial charge on any atom is 0.144 e. The van der Waals surface area contributed by atoms with Crippen LogP contribution in [0.1, 0.15) is 11.1 Å². The predicted octanol–water partition coefficient (Wildman–Crippen LogP) is 4.38. The van der Waals surface area contributed by atoms with Gasteiger partial charge < -0.3 is 4.74 Å². The number of nitriles is 1. The smallest absolute Gasteiger partial charge is 0.144 e. The Balaban J connectivity index is 2.18. The highest BCUT2D eigenvalue weighted by Crippen LogP contribution is 2.24. The van der Waals surface area contributed by atoms with E-state index in [0.29, 0.717) is 11.5 Å². The third-order valence-electron chi connectivity index (χ3n) is 2.37. The minimum Gasteiger partial charge on any atom is -0.457 e. The van der Waals surface area contributed by atoms with E-state index in [1.807, 2.05) is 24.3 Å². The fourth-order valence-corrected chi connectivity index (χ4v) is 1.81. The van der Waals surface area contributed by atoms with Gasteiger partial charge in [-0.25, -0.2) is 4.39 Å². The van der Waals surface area contributed by atoms with Gasteiger partial charge in [0.2, 0.25) is 0 Å². The van der Waals surface area contributed by atoms with Crippen LogP contribution in [0.2, 0.25) is 0 Å². The summed E-state index contributed by atoms with van der Waals surface area (Å²) in [5.74, 6) is 0.425. The Kier molecular flexibility index (Phi) is 3.96. The molecule has 4 heteroatoms. The average molecular weight is 306 g/mol. The van der Waals surface area contributed by atoms with Crippen LogP contribution in [0, 0.1) is 17.1 Å². The van der Waals surface area contributed by atoms with Gasteiger partial charge in [-0.05, 0) is 29.8 Å². The van der Waals surface area contributed by atoms with Gasteiger partial charge in [0.1, 0.15) is 23.4 Å². The zero-order chi connectivity index (χ0) is 13.0. The molecule has 0 atom stereocenters. The van der Waals surface area contributed by atoms with Crippen LogP contribution in [0.3, 0.4) is 0 Å². The third-order valence-corrected chi connectivity index (χ3v) is 3.02. The van der Waals surface area contributed by atoms with Crippen molar-refractivity contribution in [3.8, 4) is 17.6 Å². The van der Waals surface area contributed by atoms with Crippen LogP contribution < -0.4 is 4.74 Å². The lowest BCUT2D eigenvalue weighted by molar-refractivity contribution is 0.476. The molecule has 0 saturated carbocycles. The number of alkyl halides is 1. The molecule has 0 radical (unpaired) electrons. The van der Waals surface area contributed by atoms with Crippen molar-refractivity contribution in [2.24, 2.45) is 0 Å². The highest BCUT2D eigenvalue weighted by Gasteiger charge is 2.04. The van der Waals surface area contributed by atoms with E-state index in [-0.39, 0.29) is 5.56 Å². The monoisotopic (exact) mass is 305 g/mol. The Morgan fingerprint density at radius 3 is 2.33 bits per heavy atom. The largest absolute Gasteiger partial charge is 0.457 e. The van der Waals surface area contributed by atoms with Crippen molar-refractivity contribution < 1.29 is 9.13 Å². The molecule has 0 aliphatic carbocycles. The summed E-state index contributed by atoms with van der Waals surface area (Å²) in [7, 11) is 0. The number of nitrogens with zero attached hydrogens (tertiary/aromatic N) is 1. The predicted molar refractivity (Wildman–Crippen MR) is 70.3 cm³/mol. The van der Waals surface area contributed by atoms with E-state index < -0.39 is 5.82 Å². The van der Waals surface area contributed by atoms with E-state index in [2.05, 4.69) is 15.9 Å².